The van der Waals surface area contributed by atoms with Gasteiger partial charge in [-0.1, -0.05) is 11.6 Å². The van der Waals surface area contributed by atoms with Crippen molar-refractivity contribution in [2.24, 2.45) is 0 Å². The van der Waals surface area contributed by atoms with E-state index in [0.29, 0.717) is 11.2 Å². The zero-order chi connectivity index (χ0) is 15.7. The van der Waals surface area contributed by atoms with Crippen LogP contribution < -0.4 is 4.72 Å². The topological polar surface area (TPSA) is 59.1 Å². The number of pyridine rings is 1. The molecule has 4 nitrogen and oxygen atoms in total. The normalized spacial score (nSPS) is 12.2. The molecule has 0 bridgehead atoms. The SMILES string of the molecule is O=S(=O)(Nc1ccc(C(F)(F)F)cn1)c1ccc(Cl)cc1. The lowest BCUT2D eigenvalue weighted by Crippen LogP contribution is -2.14. The number of hydrogen-bond donors (Lipinski definition) is 1. The van der Waals surface area contributed by atoms with E-state index < -0.39 is 21.8 Å². The van der Waals surface area contributed by atoms with Crippen LogP contribution in [-0.2, 0) is 16.2 Å². The molecule has 0 amide bonds. The Morgan fingerprint density at radius 3 is 2.14 bits per heavy atom. The number of sulfonamides is 1. The Kier molecular flexibility index (Phi) is 4.11. The van der Waals surface area contributed by atoms with Gasteiger partial charge < -0.3 is 0 Å². The zero-order valence-corrected chi connectivity index (χ0v) is 11.8. The maximum atomic E-state index is 12.4. The molecule has 2 rings (SSSR count). The summed E-state index contributed by atoms with van der Waals surface area (Å²) in [4.78, 5) is 3.36. The summed E-state index contributed by atoms with van der Waals surface area (Å²) >= 11 is 5.65. The number of benzene rings is 1. The smallest absolute Gasteiger partial charge is 0.263 e. The molecule has 0 fully saturated rings. The van der Waals surface area contributed by atoms with Crippen molar-refractivity contribution in [3.05, 3.63) is 53.2 Å². The molecule has 0 aliphatic rings. The number of alkyl halides is 3. The first-order chi connectivity index (χ1) is 9.68. The third-order valence-electron chi connectivity index (χ3n) is 2.45. The van der Waals surface area contributed by atoms with E-state index in [9.17, 15) is 21.6 Å². The van der Waals surface area contributed by atoms with Crippen LogP contribution in [0.15, 0.2) is 47.5 Å². The molecule has 0 radical (unpaired) electrons. The fourth-order valence-corrected chi connectivity index (χ4v) is 2.57. The van der Waals surface area contributed by atoms with Crippen molar-refractivity contribution in [2.45, 2.75) is 11.1 Å². The Hall–Kier alpha value is -1.80. The average Bonchev–Trinajstić information content (AvgIpc) is 2.38. The van der Waals surface area contributed by atoms with Crippen LogP contribution in [0.1, 0.15) is 5.56 Å². The van der Waals surface area contributed by atoms with Crippen molar-refractivity contribution >= 4 is 27.4 Å². The molecular formula is C12H8ClF3N2O2S. The number of nitrogens with one attached hydrogen (secondary N) is 1. The maximum absolute atomic E-state index is 12.4. The van der Waals surface area contributed by atoms with Crippen LogP contribution in [0.4, 0.5) is 19.0 Å². The van der Waals surface area contributed by atoms with E-state index in [4.69, 9.17) is 11.6 Å². The summed E-state index contributed by atoms with van der Waals surface area (Å²) in [7, 11) is -3.93. The van der Waals surface area contributed by atoms with Crippen LogP contribution in [-0.4, -0.2) is 13.4 Å². The van der Waals surface area contributed by atoms with E-state index >= 15 is 0 Å². The van der Waals surface area contributed by atoms with E-state index in [1.54, 1.807) is 0 Å². The van der Waals surface area contributed by atoms with E-state index in [1.807, 2.05) is 0 Å². The molecule has 112 valence electrons. The van der Waals surface area contributed by atoms with Gasteiger partial charge in [-0.3, -0.25) is 4.72 Å². The molecule has 1 aromatic carbocycles. The summed E-state index contributed by atoms with van der Waals surface area (Å²) < 4.78 is 63.1. The molecule has 0 atom stereocenters. The number of halogens is 4. The molecule has 1 N–H and O–H groups in total. The lowest BCUT2D eigenvalue weighted by molar-refractivity contribution is -0.137. The molecule has 0 aliphatic carbocycles. The predicted molar refractivity (Wildman–Crippen MR) is 71.5 cm³/mol. The first-order valence-corrected chi connectivity index (χ1v) is 7.36. The number of aromatic nitrogens is 1. The molecule has 2 aromatic rings. The number of anilines is 1. The second-order valence-electron chi connectivity index (χ2n) is 3.99. The van der Waals surface area contributed by atoms with Crippen LogP contribution >= 0.6 is 11.6 Å². The molecule has 1 heterocycles. The van der Waals surface area contributed by atoms with Crippen molar-refractivity contribution in [3.8, 4) is 0 Å². The van der Waals surface area contributed by atoms with Gasteiger partial charge in [-0.15, -0.1) is 0 Å². The lowest BCUT2D eigenvalue weighted by atomic mass is 10.3. The van der Waals surface area contributed by atoms with Gasteiger partial charge >= 0.3 is 6.18 Å². The third-order valence-corrected chi connectivity index (χ3v) is 4.08. The van der Waals surface area contributed by atoms with E-state index in [0.717, 1.165) is 12.1 Å². The van der Waals surface area contributed by atoms with Crippen molar-refractivity contribution < 1.29 is 21.6 Å². The highest BCUT2D eigenvalue weighted by Crippen LogP contribution is 2.29. The Bertz CT molecular complexity index is 729. The number of rotatable bonds is 3. The highest BCUT2D eigenvalue weighted by molar-refractivity contribution is 7.92. The Labute approximate surface area is 123 Å². The molecule has 1 aromatic heterocycles. The highest BCUT2D eigenvalue weighted by Gasteiger charge is 2.30. The van der Waals surface area contributed by atoms with Gasteiger partial charge in [0.1, 0.15) is 5.82 Å². The quantitative estimate of drug-likeness (QED) is 0.932. The van der Waals surface area contributed by atoms with E-state index in [-0.39, 0.29) is 10.7 Å². The minimum absolute atomic E-state index is 0.0754. The zero-order valence-electron chi connectivity index (χ0n) is 10.2. The Morgan fingerprint density at radius 1 is 1.05 bits per heavy atom. The Balaban J connectivity index is 2.23. The lowest BCUT2D eigenvalue weighted by Gasteiger charge is -2.09. The summed E-state index contributed by atoms with van der Waals surface area (Å²) in [6, 6.07) is 7.00. The first kappa shape index (κ1) is 15.6. The summed E-state index contributed by atoms with van der Waals surface area (Å²) in [6.07, 6.45) is -3.97. The van der Waals surface area contributed by atoms with Gasteiger partial charge in [0.25, 0.3) is 10.0 Å². The van der Waals surface area contributed by atoms with Gasteiger partial charge in [-0.25, -0.2) is 13.4 Å². The van der Waals surface area contributed by atoms with E-state index in [2.05, 4.69) is 9.71 Å². The third kappa shape index (κ3) is 3.85. The largest absolute Gasteiger partial charge is 0.417 e. The fourth-order valence-electron chi connectivity index (χ4n) is 1.43. The number of nitrogens with zero attached hydrogens (tertiary/aromatic N) is 1. The second-order valence-corrected chi connectivity index (χ2v) is 6.11. The average molecular weight is 337 g/mol. The standard InChI is InChI=1S/C12H8ClF3N2O2S/c13-9-2-4-10(5-3-9)21(19,20)18-11-6-1-8(7-17-11)12(14,15)16/h1-7H,(H,17,18). The summed E-state index contributed by atoms with van der Waals surface area (Å²) in [5, 5.41) is 0.363. The van der Waals surface area contributed by atoms with Gasteiger partial charge in [0, 0.05) is 11.2 Å². The van der Waals surface area contributed by atoms with Crippen molar-refractivity contribution in [2.75, 3.05) is 4.72 Å². The van der Waals surface area contributed by atoms with Crippen LogP contribution in [0.3, 0.4) is 0 Å². The fraction of sp³-hybridized carbons (Fsp3) is 0.0833. The predicted octanol–water partition coefficient (Wildman–Crippen LogP) is 3.55. The molecule has 0 unspecified atom stereocenters. The van der Waals surface area contributed by atoms with Gasteiger partial charge in [0.2, 0.25) is 0 Å². The van der Waals surface area contributed by atoms with Crippen LogP contribution in [0.2, 0.25) is 5.02 Å². The van der Waals surface area contributed by atoms with E-state index in [1.165, 1.54) is 24.3 Å². The minimum Gasteiger partial charge on any atom is -0.263 e. The molecule has 9 heteroatoms. The summed E-state index contributed by atoms with van der Waals surface area (Å²) in [5.74, 6) is -0.210. The minimum atomic E-state index is -4.53. The number of hydrogen-bond acceptors (Lipinski definition) is 3. The molecule has 0 aliphatic heterocycles. The van der Waals surface area contributed by atoms with Crippen molar-refractivity contribution in [1.29, 1.82) is 0 Å². The van der Waals surface area contributed by atoms with Crippen LogP contribution in [0.5, 0.6) is 0 Å². The van der Waals surface area contributed by atoms with Gasteiger partial charge in [0.05, 0.1) is 10.5 Å². The van der Waals surface area contributed by atoms with Gasteiger partial charge in [-0.05, 0) is 36.4 Å². The molecule has 0 spiro atoms. The molecular weight excluding hydrogens is 329 g/mol. The Morgan fingerprint density at radius 2 is 1.67 bits per heavy atom. The maximum Gasteiger partial charge on any atom is 0.417 e. The molecule has 0 saturated carbocycles. The molecule has 21 heavy (non-hydrogen) atoms. The first-order valence-electron chi connectivity index (χ1n) is 5.50. The monoisotopic (exact) mass is 336 g/mol. The summed E-state index contributed by atoms with van der Waals surface area (Å²) in [5.41, 5.74) is -0.961. The second kappa shape index (κ2) is 5.53. The molecule has 0 saturated heterocycles. The van der Waals surface area contributed by atoms with Gasteiger partial charge in [0.15, 0.2) is 0 Å². The van der Waals surface area contributed by atoms with Crippen LogP contribution in [0, 0.1) is 0 Å². The van der Waals surface area contributed by atoms with Gasteiger partial charge in [-0.2, -0.15) is 13.2 Å². The summed E-state index contributed by atoms with van der Waals surface area (Å²) in [6.45, 7) is 0. The van der Waals surface area contributed by atoms with Crippen molar-refractivity contribution in [1.82, 2.24) is 4.98 Å². The highest BCUT2D eigenvalue weighted by atomic mass is 35.5. The van der Waals surface area contributed by atoms with Crippen molar-refractivity contribution in [3.63, 3.8) is 0 Å². The van der Waals surface area contributed by atoms with Crippen LogP contribution in [0.25, 0.3) is 0 Å².